The fraction of sp³-hybridized carbons (Fsp3) is 0.444. The molecule has 1 atom stereocenters. The lowest BCUT2D eigenvalue weighted by molar-refractivity contribution is -0.155. The van der Waals surface area contributed by atoms with Crippen LogP contribution in [0.2, 0.25) is 0 Å². The Morgan fingerprint density at radius 3 is 2.69 bits per heavy atom. The molecule has 0 spiro atoms. The van der Waals surface area contributed by atoms with E-state index in [9.17, 15) is 14.7 Å². The van der Waals surface area contributed by atoms with E-state index in [2.05, 4.69) is 15.5 Å². The van der Waals surface area contributed by atoms with Gasteiger partial charge in [0.1, 0.15) is 0 Å². The van der Waals surface area contributed by atoms with Gasteiger partial charge in [0.25, 0.3) is 5.91 Å². The quantitative estimate of drug-likeness (QED) is 0.542. The number of aliphatic carboxylic acids is 1. The number of hydrogen-bond donors (Lipinski definition) is 4. The molecule has 0 saturated heterocycles. The van der Waals surface area contributed by atoms with Gasteiger partial charge in [-0.15, -0.1) is 0 Å². The Hall–Kier alpha value is -1.89. The zero-order chi connectivity index (χ0) is 12.3. The predicted molar refractivity (Wildman–Crippen MR) is 53.9 cm³/mol. The number of carbonyl (C=O) groups excluding carboxylic acids is 1. The predicted octanol–water partition coefficient (Wildman–Crippen LogP) is -0.716. The van der Waals surface area contributed by atoms with E-state index in [0.29, 0.717) is 11.3 Å². The molecular formula is C9H13N3O4. The lowest BCUT2D eigenvalue weighted by Gasteiger charge is -2.17. The standard InChI is InChI=1S/C9H13N3O4/c1-5-6(3-11-12-5)7(13)10-4-9(2,16)8(14)15/h3,16H,4H2,1-2H3,(H,10,13)(H,11,12)(H,14,15). The fourth-order valence-electron chi connectivity index (χ4n) is 1.00. The zero-order valence-corrected chi connectivity index (χ0v) is 8.94. The second-order valence-electron chi connectivity index (χ2n) is 3.67. The molecule has 0 bridgehead atoms. The summed E-state index contributed by atoms with van der Waals surface area (Å²) >= 11 is 0. The number of rotatable bonds is 4. The summed E-state index contributed by atoms with van der Waals surface area (Å²) in [7, 11) is 0. The first-order chi connectivity index (χ1) is 7.34. The summed E-state index contributed by atoms with van der Waals surface area (Å²) in [5, 5.41) is 26.5. The molecule has 7 nitrogen and oxygen atoms in total. The highest BCUT2D eigenvalue weighted by Crippen LogP contribution is 2.04. The van der Waals surface area contributed by atoms with Crippen molar-refractivity contribution in [2.75, 3.05) is 6.54 Å². The summed E-state index contributed by atoms with van der Waals surface area (Å²) in [6.45, 7) is 2.40. The third kappa shape index (κ3) is 2.57. The van der Waals surface area contributed by atoms with Gasteiger partial charge in [-0.2, -0.15) is 5.10 Å². The van der Waals surface area contributed by atoms with Crippen LogP contribution >= 0.6 is 0 Å². The van der Waals surface area contributed by atoms with E-state index in [1.807, 2.05) is 0 Å². The minimum absolute atomic E-state index is 0.321. The van der Waals surface area contributed by atoms with Crippen LogP contribution in [0.5, 0.6) is 0 Å². The second kappa shape index (κ2) is 4.31. The minimum Gasteiger partial charge on any atom is -0.479 e. The largest absolute Gasteiger partial charge is 0.479 e. The van der Waals surface area contributed by atoms with Gasteiger partial charge in [0.05, 0.1) is 18.3 Å². The molecule has 1 aromatic rings. The number of hydrogen-bond acceptors (Lipinski definition) is 4. The third-order valence-electron chi connectivity index (χ3n) is 2.13. The number of H-pyrrole nitrogens is 1. The molecule has 0 aliphatic carbocycles. The molecule has 0 fully saturated rings. The van der Waals surface area contributed by atoms with Gasteiger partial charge in [-0.05, 0) is 13.8 Å². The highest BCUT2D eigenvalue weighted by molar-refractivity contribution is 5.95. The van der Waals surface area contributed by atoms with Gasteiger partial charge >= 0.3 is 5.97 Å². The van der Waals surface area contributed by atoms with Crippen molar-refractivity contribution in [2.24, 2.45) is 0 Å². The van der Waals surface area contributed by atoms with E-state index in [0.717, 1.165) is 6.92 Å². The highest BCUT2D eigenvalue weighted by Gasteiger charge is 2.30. The molecule has 1 rings (SSSR count). The number of nitrogens with one attached hydrogen (secondary N) is 2. The van der Waals surface area contributed by atoms with Crippen LogP contribution in [-0.4, -0.2) is 44.4 Å². The number of amides is 1. The van der Waals surface area contributed by atoms with Crippen molar-refractivity contribution >= 4 is 11.9 Å². The lowest BCUT2D eigenvalue weighted by atomic mass is 10.1. The van der Waals surface area contributed by atoms with E-state index in [1.54, 1.807) is 6.92 Å². The molecule has 0 aromatic carbocycles. The molecule has 1 aromatic heterocycles. The molecule has 1 heterocycles. The average Bonchev–Trinajstić information content (AvgIpc) is 2.61. The summed E-state index contributed by atoms with van der Waals surface area (Å²) in [5.41, 5.74) is -1.08. The van der Waals surface area contributed by atoms with Crippen LogP contribution in [0.25, 0.3) is 0 Å². The number of aromatic amines is 1. The van der Waals surface area contributed by atoms with Gasteiger partial charge in [0, 0.05) is 5.69 Å². The van der Waals surface area contributed by atoms with Gasteiger partial charge in [0.2, 0.25) is 0 Å². The number of carboxylic acid groups (broad SMARTS) is 1. The number of aliphatic hydroxyl groups is 1. The molecular weight excluding hydrogens is 214 g/mol. The fourth-order valence-corrected chi connectivity index (χ4v) is 1.00. The summed E-state index contributed by atoms with van der Waals surface area (Å²) in [6.07, 6.45) is 1.33. The van der Waals surface area contributed by atoms with E-state index in [-0.39, 0.29) is 6.54 Å². The number of carbonyl (C=O) groups is 2. The molecule has 88 valence electrons. The monoisotopic (exact) mass is 227 g/mol. The van der Waals surface area contributed by atoms with Crippen LogP contribution in [0, 0.1) is 6.92 Å². The van der Waals surface area contributed by atoms with E-state index < -0.39 is 17.5 Å². The maximum Gasteiger partial charge on any atom is 0.337 e. The maximum absolute atomic E-state index is 11.5. The molecule has 1 unspecified atom stereocenters. The van der Waals surface area contributed by atoms with Crippen LogP contribution < -0.4 is 5.32 Å². The van der Waals surface area contributed by atoms with Crippen molar-refractivity contribution in [3.8, 4) is 0 Å². The number of aryl methyl sites for hydroxylation is 1. The Morgan fingerprint density at radius 2 is 2.25 bits per heavy atom. The molecule has 4 N–H and O–H groups in total. The lowest BCUT2D eigenvalue weighted by Crippen LogP contribution is -2.46. The van der Waals surface area contributed by atoms with Gasteiger partial charge in [-0.1, -0.05) is 0 Å². The van der Waals surface area contributed by atoms with Crippen LogP contribution in [0.4, 0.5) is 0 Å². The van der Waals surface area contributed by atoms with E-state index in [1.165, 1.54) is 6.20 Å². The van der Waals surface area contributed by atoms with Crippen molar-refractivity contribution < 1.29 is 19.8 Å². The first-order valence-corrected chi connectivity index (χ1v) is 4.58. The Bertz CT molecular complexity index is 411. The van der Waals surface area contributed by atoms with Gasteiger partial charge in [-0.25, -0.2) is 4.79 Å². The zero-order valence-electron chi connectivity index (χ0n) is 8.94. The first-order valence-electron chi connectivity index (χ1n) is 4.58. The summed E-state index contributed by atoms with van der Waals surface area (Å²) < 4.78 is 0. The smallest absolute Gasteiger partial charge is 0.337 e. The summed E-state index contributed by atoms with van der Waals surface area (Å²) in [4.78, 5) is 22.1. The first kappa shape index (κ1) is 12.2. The summed E-state index contributed by atoms with van der Waals surface area (Å²) in [5.74, 6) is -1.87. The SMILES string of the molecule is Cc1[nH]ncc1C(=O)NCC(C)(O)C(=O)O. The third-order valence-corrected chi connectivity index (χ3v) is 2.13. The second-order valence-corrected chi connectivity index (χ2v) is 3.67. The van der Waals surface area contributed by atoms with Crippen LogP contribution in [0.3, 0.4) is 0 Å². The molecule has 0 radical (unpaired) electrons. The molecule has 0 aliphatic rings. The molecule has 0 aliphatic heterocycles. The van der Waals surface area contributed by atoms with E-state index in [4.69, 9.17) is 5.11 Å². The normalized spacial score (nSPS) is 14.2. The Kier molecular flexibility index (Phi) is 3.28. The van der Waals surface area contributed by atoms with Crippen LogP contribution in [-0.2, 0) is 4.79 Å². The van der Waals surface area contributed by atoms with Crippen molar-refractivity contribution in [1.82, 2.24) is 15.5 Å². The topological polar surface area (TPSA) is 115 Å². The van der Waals surface area contributed by atoms with Gasteiger partial charge < -0.3 is 15.5 Å². The number of carboxylic acids is 1. The Labute approximate surface area is 91.5 Å². The van der Waals surface area contributed by atoms with Crippen LogP contribution in [0.15, 0.2) is 6.20 Å². The van der Waals surface area contributed by atoms with E-state index >= 15 is 0 Å². The molecule has 1 amide bonds. The number of nitrogens with zero attached hydrogens (tertiary/aromatic N) is 1. The van der Waals surface area contributed by atoms with Crippen molar-refractivity contribution in [3.63, 3.8) is 0 Å². The van der Waals surface area contributed by atoms with Crippen molar-refractivity contribution in [1.29, 1.82) is 0 Å². The van der Waals surface area contributed by atoms with Crippen molar-refractivity contribution in [2.45, 2.75) is 19.4 Å². The Morgan fingerprint density at radius 1 is 1.62 bits per heavy atom. The average molecular weight is 227 g/mol. The number of aromatic nitrogens is 2. The minimum atomic E-state index is -1.98. The highest BCUT2D eigenvalue weighted by atomic mass is 16.4. The Balaban J connectivity index is 2.61. The van der Waals surface area contributed by atoms with Crippen LogP contribution in [0.1, 0.15) is 23.0 Å². The summed E-state index contributed by atoms with van der Waals surface area (Å²) in [6, 6.07) is 0. The molecule has 7 heteroatoms. The molecule has 0 saturated carbocycles. The maximum atomic E-state index is 11.5. The van der Waals surface area contributed by atoms with Crippen molar-refractivity contribution in [3.05, 3.63) is 17.5 Å². The molecule has 16 heavy (non-hydrogen) atoms. The van der Waals surface area contributed by atoms with Gasteiger partial charge in [-0.3, -0.25) is 9.89 Å². The van der Waals surface area contributed by atoms with Gasteiger partial charge in [0.15, 0.2) is 5.60 Å².